The minimum atomic E-state index is -0.315. The average molecular weight is 269 g/mol. The SMILES string of the molecule is Cc1cc(Cl)ncc1NC(=O)c1csc(N)n1. The Balaban J connectivity index is 2.18. The zero-order valence-electron chi connectivity index (χ0n) is 8.90. The van der Waals surface area contributed by atoms with Crippen LogP contribution in [0.5, 0.6) is 0 Å². The molecule has 3 N–H and O–H groups in total. The van der Waals surface area contributed by atoms with Gasteiger partial charge in [0.25, 0.3) is 5.91 Å². The van der Waals surface area contributed by atoms with Crippen LogP contribution in [0.1, 0.15) is 16.1 Å². The number of carbonyl (C=O) groups excluding carboxylic acids is 1. The van der Waals surface area contributed by atoms with E-state index >= 15 is 0 Å². The van der Waals surface area contributed by atoms with Crippen LogP contribution in [0.15, 0.2) is 17.6 Å². The average Bonchev–Trinajstić information content (AvgIpc) is 2.69. The van der Waals surface area contributed by atoms with Crippen molar-refractivity contribution in [3.63, 3.8) is 0 Å². The second-order valence-electron chi connectivity index (χ2n) is 3.35. The molecular weight excluding hydrogens is 260 g/mol. The van der Waals surface area contributed by atoms with Crippen LogP contribution in [0.3, 0.4) is 0 Å². The van der Waals surface area contributed by atoms with Crippen LogP contribution in [0, 0.1) is 6.92 Å². The number of hydrogen-bond donors (Lipinski definition) is 2. The number of carbonyl (C=O) groups is 1. The lowest BCUT2D eigenvalue weighted by molar-refractivity contribution is 0.102. The summed E-state index contributed by atoms with van der Waals surface area (Å²) in [6.07, 6.45) is 1.51. The molecule has 2 heterocycles. The van der Waals surface area contributed by atoms with E-state index in [1.54, 1.807) is 11.4 Å². The number of nitrogens with zero attached hydrogens (tertiary/aromatic N) is 2. The lowest BCUT2D eigenvalue weighted by Gasteiger charge is -2.06. The molecule has 0 radical (unpaired) electrons. The van der Waals surface area contributed by atoms with Gasteiger partial charge < -0.3 is 11.1 Å². The van der Waals surface area contributed by atoms with E-state index in [2.05, 4.69) is 15.3 Å². The number of pyridine rings is 1. The molecule has 0 unspecified atom stereocenters. The number of halogens is 1. The Labute approximate surface area is 107 Å². The van der Waals surface area contributed by atoms with Crippen molar-refractivity contribution in [1.29, 1.82) is 0 Å². The van der Waals surface area contributed by atoms with Crippen molar-refractivity contribution < 1.29 is 4.79 Å². The lowest BCUT2D eigenvalue weighted by Crippen LogP contribution is -2.13. The molecule has 88 valence electrons. The van der Waals surface area contributed by atoms with Crippen LogP contribution in [-0.2, 0) is 0 Å². The van der Waals surface area contributed by atoms with Crippen LogP contribution >= 0.6 is 22.9 Å². The van der Waals surface area contributed by atoms with E-state index in [9.17, 15) is 4.79 Å². The van der Waals surface area contributed by atoms with Crippen molar-refractivity contribution in [2.75, 3.05) is 11.1 Å². The molecule has 2 aromatic rings. The maximum Gasteiger partial charge on any atom is 0.275 e. The van der Waals surface area contributed by atoms with Gasteiger partial charge in [-0.1, -0.05) is 11.6 Å². The summed E-state index contributed by atoms with van der Waals surface area (Å²) in [7, 11) is 0. The summed E-state index contributed by atoms with van der Waals surface area (Å²) in [4.78, 5) is 19.6. The summed E-state index contributed by atoms with van der Waals surface area (Å²) >= 11 is 6.94. The maximum atomic E-state index is 11.8. The predicted molar refractivity (Wildman–Crippen MR) is 68.5 cm³/mol. The smallest absolute Gasteiger partial charge is 0.275 e. The first kappa shape index (κ1) is 11.8. The molecule has 5 nitrogen and oxygen atoms in total. The lowest BCUT2D eigenvalue weighted by atomic mass is 10.2. The van der Waals surface area contributed by atoms with Gasteiger partial charge >= 0.3 is 0 Å². The topological polar surface area (TPSA) is 80.9 Å². The first-order chi connectivity index (χ1) is 8.06. The highest BCUT2D eigenvalue weighted by molar-refractivity contribution is 7.13. The first-order valence-corrected chi connectivity index (χ1v) is 5.96. The van der Waals surface area contributed by atoms with Crippen LogP contribution in [0.2, 0.25) is 5.15 Å². The minimum absolute atomic E-state index is 0.293. The van der Waals surface area contributed by atoms with Gasteiger partial charge in [-0.25, -0.2) is 9.97 Å². The molecule has 0 bridgehead atoms. The number of aromatic nitrogens is 2. The van der Waals surface area contributed by atoms with E-state index in [1.807, 2.05) is 6.92 Å². The first-order valence-electron chi connectivity index (χ1n) is 4.71. The molecule has 0 saturated heterocycles. The van der Waals surface area contributed by atoms with Gasteiger partial charge in [0, 0.05) is 5.38 Å². The number of thiazole rings is 1. The van der Waals surface area contributed by atoms with Crippen molar-refractivity contribution in [2.24, 2.45) is 0 Å². The van der Waals surface area contributed by atoms with Crippen LogP contribution in [-0.4, -0.2) is 15.9 Å². The van der Waals surface area contributed by atoms with E-state index in [-0.39, 0.29) is 5.91 Å². The fourth-order valence-electron chi connectivity index (χ4n) is 1.23. The molecule has 0 aliphatic carbocycles. The van der Waals surface area contributed by atoms with Gasteiger partial charge in [-0.3, -0.25) is 4.79 Å². The molecule has 7 heteroatoms. The molecule has 2 rings (SSSR count). The molecule has 1 amide bonds. The number of amides is 1. The summed E-state index contributed by atoms with van der Waals surface area (Å²) in [6.45, 7) is 1.83. The fraction of sp³-hybridized carbons (Fsp3) is 0.100. The molecule has 0 spiro atoms. The molecule has 0 aromatic carbocycles. The summed E-state index contributed by atoms with van der Waals surface area (Å²) in [6, 6.07) is 1.67. The number of nitrogens with one attached hydrogen (secondary N) is 1. The Bertz CT molecular complexity index is 569. The quantitative estimate of drug-likeness (QED) is 0.819. The normalized spacial score (nSPS) is 10.2. The molecule has 0 saturated carbocycles. The summed E-state index contributed by atoms with van der Waals surface area (Å²) < 4.78 is 0. The van der Waals surface area contributed by atoms with Crippen molar-refractivity contribution in [3.05, 3.63) is 34.1 Å². The Morgan fingerprint density at radius 3 is 2.94 bits per heavy atom. The van der Waals surface area contributed by atoms with Crippen LogP contribution in [0.25, 0.3) is 0 Å². The van der Waals surface area contributed by atoms with Gasteiger partial charge in [0.2, 0.25) is 0 Å². The van der Waals surface area contributed by atoms with E-state index in [1.165, 1.54) is 17.5 Å². The Kier molecular flexibility index (Phi) is 3.26. The van der Waals surface area contributed by atoms with E-state index in [4.69, 9.17) is 17.3 Å². The molecule has 0 fully saturated rings. The largest absolute Gasteiger partial charge is 0.375 e. The minimum Gasteiger partial charge on any atom is -0.375 e. The van der Waals surface area contributed by atoms with Gasteiger partial charge in [-0.2, -0.15) is 0 Å². The Morgan fingerprint density at radius 1 is 1.59 bits per heavy atom. The third-order valence-electron chi connectivity index (χ3n) is 2.08. The number of rotatable bonds is 2. The Hall–Kier alpha value is -1.66. The van der Waals surface area contributed by atoms with Crippen molar-refractivity contribution in [2.45, 2.75) is 6.92 Å². The van der Waals surface area contributed by atoms with Crippen LogP contribution in [0.4, 0.5) is 10.8 Å². The van der Waals surface area contributed by atoms with Crippen molar-refractivity contribution in [1.82, 2.24) is 9.97 Å². The molecule has 2 aromatic heterocycles. The number of nitrogens with two attached hydrogens (primary N) is 1. The maximum absolute atomic E-state index is 11.8. The van der Waals surface area contributed by atoms with E-state index in [0.29, 0.717) is 21.7 Å². The standard InChI is InChI=1S/C10H9ClN4OS/c1-5-2-8(11)13-3-6(5)14-9(16)7-4-17-10(12)15-7/h2-4H,1H3,(H2,12,15)(H,14,16). The molecule has 0 atom stereocenters. The zero-order chi connectivity index (χ0) is 12.4. The van der Waals surface area contributed by atoms with Crippen molar-refractivity contribution >= 4 is 39.7 Å². The second kappa shape index (κ2) is 4.68. The highest BCUT2D eigenvalue weighted by Crippen LogP contribution is 2.18. The second-order valence-corrected chi connectivity index (χ2v) is 4.62. The number of nitrogen functional groups attached to an aromatic ring is 1. The van der Waals surface area contributed by atoms with Gasteiger partial charge in [0.05, 0.1) is 11.9 Å². The summed E-state index contributed by atoms with van der Waals surface area (Å²) in [5, 5.41) is 5.05. The van der Waals surface area contributed by atoms with Gasteiger partial charge in [-0.15, -0.1) is 11.3 Å². The summed E-state index contributed by atoms with van der Waals surface area (Å²) in [5.41, 5.74) is 7.19. The molecule has 0 aliphatic rings. The fourth-order valence-corrected chi connectivity index (χ4v) is 1.99. The van der Waals surface area contributed by atoms with Gasteiger partial charge in [0.15, 0.2) is 5.13 Å². The van der Waals surface area contributed by atoms with Gasteiger partial charge in [-0.05, 0) is 18.6 Å². The molecule has 17 heavy (non-hydrogen) atoms. The monoisotopic (exact) mass is 268 g/mol. The van der Waals surface area contributed by atoms with Gasteiger partial charge in [0.1, 0.15) is 10.8 Å². The third kappa shape index (κ3) is 2.72. The molecule has 0 aliphatic heterocycles. The number of hydrogen-bond acceptors (Lipinski definition) is 5. The van der Waals surface area contributed by atoms with E-state index in [0.717, 1.165) is 5.56 Å². The Morgan fingerprint density at radius 2 is 2.35 bits per heavy atom. The number of aryl methyl sites for hydroxylation is 1. The highest BCUT2D eigenvalue weighted by atomic mass is 35.5. The van der Waals surface area contributed by atoms with Crippen molar-refractivity contribution in [3.8, 4) is 0 Å². The third-order valence-corrected chi connectivity index (χ3v) is 2.96. The predicted octanol–water partition coefficient (Wildman–Crippen LogP) is 2.33. The van der Waals surface area contributed by atoms with E-state index < -0.39 is 0 Å². The zero-order valence-corrected chi connectivity index (χ0v) is 10.5. The number of anilines is 2. The molecular formula is C10H9ClN4OS. The van der Waals surface area contributed by atoms with Crippen LogP contribution < -0.4 is 11.1 Å². The highest BCUT2D eigenvalue weighted by Gasteiger charge is 2.11. The summed E-state index contributed by atoms with van der Waals surface area (Å²) in [5.74, 6) is -0.315.